The van der Waals surface area contributed by atoms with Crippen molar-refractivity contribution in [1.82, 2.24) is 0 Å². The van der Waals surface area contributed by atoms with Crippen LogP contribution in [0.15, 0.2) is 29.8 Å². The van der Waals surface area contributed by atoms with Crippen LogP contribution in [0, 0.1) is 0 Å². The maximum atomic E-state index is 12.5. The summed E-state index contributed by atoms with van der Waals surface area (Å²) in [6.45, 7) is 1.77. The van der Waals surface area contributed by atoms with Gasteiger partial charge >= 0.3 is 6.18 Å². The first-order valence-electron chi connectivity index (χ1n) is 5.97. The second-order valence-corrected chi connectivity index (χ2v) is 4.19. The number of halogens is 3. The van der Waals surface area contributed by atoms with E-state index in [0.29, 0.717) is 17.7 Å². The molecule has 2 nitrogen and oxygen atoms in total. The van der Waals surface area contributed by atoms with E-state index >= 15 is 0 Å². The molecule has 0 radical (unpaired) electrons. The van der Waals surface area contributed by atoms with Crippen LogP contribution in [0.2, 0.25) is 0 Å². The molecule has 1 aromatic carbocycles. The molecule has 0 aromatic heterocycles. The molecule has 0 spiro atoms. The molecule has 0 saturated heterocycles. The minimum absolute atomic E-state index is 0.0276. The van der Waals surface area contributed by atoms with Gasteiger partial charge in [0.15, 0.2) is 6.10 Å². The highest BCUT2D eigenvalue weighted by atomic mass is 19.4. The minimum Gasteiger partial charge on any atom is -0.497 e. The fourth-order valence-electron chi connectivity index (χ4n) is 1.70. The van der Waals surface area contributed by atoms with Crippen molar-refractivity contribution in [3.63, 3.8) is 0 Å². The van der Waals surface area contributed by atoms with Crippen LogP contribution in [-0.2, 0) is 0 Å². The lowest BCUT2D eigenvalue weighted by Crippen LogP contribution is -2.30. The van der Waals surface area contributed by atoms with Crippen LogP contribution in [0.4, 0.5) is 13.2 Å². The smallest absolute Gasteiger partial charge is 0.418 e. The first-order valence-corrected chi connectivity index (χ1v) is 5.97. The van der Waals surface area contributed by atoms with E-state index in [-0.39, 0.29) is 12.0 Å². The molecule has 1 atom stereocenters. The number of methoxy groups -OCH3 is 1. The van der Waals surface area contributed by atoms with Crippen LogP contribution in [0.3, 0.4) is 0 Å². The van der Waals surface area contributed by atoms with E-state index < -0.39 is 12.3 Å². The second-order valence-electron chi connectivity index (χ2n) is 4.19. The van der Waals surface area contributed by atoms with Crippen LogP contribution in [0.5, 0.6) is 5.75 Å². The van der Waals surface area contributed by atoms with E-state index in [1.165, 1.54) is 13.2 Å². The molecule has 0 bridgehead atoms. The Morgan fingerprint density at radius 3 is 2.32 bits per heavy atom. The molecule has 0 amide bonds. The molecule has 0 aliphatic rings. The minimum atomic E-state index is -4.63. The van der Waals surface area contributed by atoms with Gasteiger partial charge < -0.3 is 9.84 Å². The van der Waals surface area contributed by atoms with E-state index in [2.05, 4.69) is 0 Å². The van der Waals surface area contributed by atoms with Crippen molar-refractivity contribution in [1.29, 1.82) is 0 Å². The van der Waals surface area contributed by atoms with Gasteiger partial charge in [-0.25, -0.2) is 0 Å². The van der Waals surface area contributed by atoms with Gasteiger partial charge in [0.1, 0.15) is 5.75 Å². The number of hydrogen-bond donors (Lipinski definition) is 1. The molecule has 1 unspecified atom stereocenters. The monoisotopic (exact) mass is 274 g/mol. The molecule has 1 rings (SSSR count). The van der Waals surface area contributed by atoms with Crippen LogP contribution in [0.1, 0.15) is 25.3 Å². The van der Waals surface area contributed by atoms with Gasteiger partial charge in [0.05, 0.1) is 7.11 Å². The lowest BCUT2D eigenvalue weighted by Gasteiger charge is -2.18. The molecule has 19 heavy (non-hydrogen) atoms. The Hall–Kier alpha value is -1.49. The SMILES string of the molecule is CCC/C(=C\c1ccc(OC)cc1)C(O)C(F)(F)F. The van der Waals surface area contributed by atoms with E-state index in [0.717, 1.165) is 0 Å². The fourth-order valence-corrected chi connectivity index (χ4v) is 1.70. The third-order valence-corrected chi connectivity index (χ3v) is 2.67. The zero-order valence-electron chi connectivity index (χ0n) is 10.9. The Bertz CT molecular complexity index is 421. The highest BCUT2D eigenvalue weighted by molar-refractivity contribution is 5.55. The number of benzene rings is 1. The van der Waals surface area contributed by atoms with Gasteiger partial charge in [-0.3, -0.25) is 0 Å². The predicted octanol–water partition coefficient (Wildman–Crippen LogP) is 3.80. The predicted molar refractivity (Wildman–Crippen MR) is 67.9 cm³/mol. The third kappa shape index (κ3) is 4.59. The summed E-state index contributed by atoms with van der Waals surface area (Å²) in [5, 5.41) is 9.32. The highest BCUT2D eigenvalue weighted by Gasteiger charge is 2.40. The Kier molecular flexibility index (Phi) is 5.42. The average molecular weight is 274 g/mol. The molecule has 0 aliphatic carbocycles. The number of ether oxygens (including phenoxy) is 1. The summed E-state index contributed by atoms with van der Waals surface area (Å²) in [6.07, 6.45) is -4.93. The summed E-state index contributed by atoms with van der Waals surface area (Å²) < 4.78 is 42.6. The third-order valence-electron chi connectivity index (χ3n) is 2.67. The lowest BCUT2D eigenvalue weighted by atomic mass is 10.0. The van der Waals surface area contributed by atoms with Crippen LogP contribution < -0.4 is 4.74 Å². The van der Waals surface area contributed by atoms with Crippen molar-refractivity contribution in [2.75, 3.05) is 7.11 Å². The van der Waals surface area contributed by atoms with Gasteiger partial charge in [-0.05, 0) is 29.7 Å². The summed E-state index contributed by atoms with van der Waals surface area (Å²) in [5.41, 5.74) is 0.577. The molecule has 0 saturated carbocycles. The van der Waals surface area contributed by atoms with Crippen molar-refractivity contribution in [3.8, 4) is 5.75 Å². The van der Waals surface area contributed by atoms with Crippen molar-refractivity contribution >= 4 is 6.08 Å². The van der Waals surface area contributed by atoms with Crippen LogP contribution >= 0.6 is 0 Å². The summed E-state index contributed by atoms with van der Waals surface area (Å²) in [4.78, 5) is 0. The van der Waals surface area contributed by atoms with Gasteiger partial charge in [0.25, 0.3) is 0 Å². The number of alkyl halides is 3. The quantitative estimate of drug-likeness (QED) is 0.885. The molecular weight excluding hydrogens is 257 g/mol. The molecule has 0 aliphatic heterocycles. The summed E-state index contributed by atoms with van der Waals surface area (Å²) in [6, 6.07) is 6.62. The van der Waals surface area contributed by atoms with Crippen molar-refractivity contribution in [3.05, 3.63) is 35.4 Å². The normalized spacial score (nSPS) is 14.3. The van der Waals surface area contributed by atoms with E-state index in [1.807, 2.05) is 0 Å². The summed E-state index contributed by atoms with van der Waals surface area (Å²) in [7, 11) is 1.51. The number of hydrogen-bond acceptors (Lipinski definition) is 2. The van der Waals surface area contributed by atoms with Gasteiger partial charge in [-0.15, -0.1) is 0 Å². The van der Waals surface area contributed by atoms with E-state index in [9.17, 15) is 18.3 Å². The van der Waals surface area contributed by atoms with Gasteiger partial charge in [0.2, 0.25) is 0 Å². The topological polar surface area (TPSA) is 29.5 Å². The Morgan fingerprint density at radius 1 is 1.32 bits per heavy atom. The second kappa shape index (κ2) is 6.61. The van der Waals surface area contributed by atoms with E-state index in [1.54, 1.807) is 31.2 Å². The average Bonchev–Trinajstić information content (AvgIpc) is 2.37. The zero-order valence-corrected chi connectivity index (χ0v) is 10.9. The Morgan fingerprint density at radius 2 is 1.89 bits per heavy atom. The van der Waals surface area contributed by atoms with Crippen molar-refractivity contribution in [2.45, 2.75) is 32.0 Å². The first kappa shape index (κ1) is 15.6. The van der Waals surface area contributed by atoms with Crippen LogP contribution in [0.25, 0.3) is 6.08 Å². The molecular formula is C14H17F3O2. The number of rotatable bonds is 5. The summed E-state index contributed by atoms with van der Waals surface area (Å²) >= 11 is 0. The van der Waals surface area contributed by atoms with Gasteiger partial charge in [0, 0.05) is 0 Å². The first-order chi connectivity index (χ1) is 8.88. The molecule has 0 heterocycles. The lowest BCUT2D eigenvalue weighted by molar-refractivity contribution is -0.191. The fraction of sp³-hybridized carbons (Fsp3) is 0.429. The highest BCUT2D eigenvalue weighted by Crippen LogP contribution is 2.29. The summed E-state index contributed by atoms with van der Waals surface area (Å²) in [5.74, 6) is 0.630. The maximum absolute atomic E-state index is 12.5. The Balaban J connectivity index is 2.99. The number of aliphatic hydroxyl groups is 1. The molecule has 1 aromatic rings. The van der Waals surface area contributed by atoms with Crippen LogP contribution in [-0.4, -0.2) is 24.5 Å². The molecule has 0 fully saturated rings. The standard InChI is InChI=1S/C14H17F3O2/c1-3-4-11(13(18)14(15,16)17)9-10-5-7-12(19-2)8-6-10/h5-9,13,18H,3-4H2,1-2H3/b11-9+. The van der Waals surface area contributed by atoms with E-state index in [4.69, 9.17) is 4.74 Å². The molecule has 106 valence electrons. The Labute approximate surface area is 110 Å². The maximum Gasteiger partial charge on any atom is 0.418 e. The van der Waals surface area contributed by atoms with Gasteiger partial charge in [-0.2, -0.15) is 13.2 Å². The van der Waals surface area contributed by atoms with Crippen molar-refractivity contribution in [2.24, 2.45) is 0 Å². The van der Waals surface area contributed by atoms with Gasteiger partial charge in [-0.1, -0.05) is 31.6 Å². The molecule has 1 N–H and O–H groups in total. The van der Waals surface area contributed by atoms with Crippen molar-refractivity contribution < 1.29 is 23.0 Å². The number of aliphatic hydroxyl groups excluding tert-OH is 1. The molecule has 5 heteroatoms. The zero-order chi connectivity index (χ0) is 14.5. The largest absolute Gasteiger partial charge is 0.497 e.